The van der Waals surface area contributed by atoms with E-state index in [2.05, 4.69) is 42.8 Å². The first-order chi connectivity index (χ1) is 9.96. The fourth-order valence-corrected chi connectivity index (χ4v) is 2.68. The minimum Gasteiger partial charge on any atom is -0.370 e. The van der Waals surface area contributed by atoms with Crippen LogP contribution in [0.2, 0.25) is 5.02 Å². The third-order valence-corrected chi connectivity index (χ3v) is 3.92. The Bertz CT molecular complexity index is 610. The molecule has 1 aromatic heterocycles. The van der Waals surface area contributed by atoms with E-state index in [0.29, 0.717) is 6.54 Å². The van der Waals surface area contributed by atoms with Crippen molar-refractivity contribution in [3.8, 4) is 0 Å². The highest BCUT2D eigenvalue weighted by atomic mass is 35.5. The highest BCUT2D eigenvalue weighted by molar-refractivity contribution is 6.31. The second kappa shape index (κ2) is 6.63. The van der Waals surface area contributed by atoms with Gasteiger partial charge in [-0.3, -0.25) is 4.98 Å². The van der Waals surface area contributed by atoms with Gasteiger partial charge in [0, 0.05) is 35.4 Å². The molecule has 2 aromatic rings. The highest BCUT2D eigenvalue weighted by Gasteiger charge is 2.21. The molecule has 0 aliphatic rings. The second-order valence-electron chi connectivity index (χ2n) is 6.28. The lowest BCUT2D eigenvalue weighted by molar-refractivity contribution is 0.378. The van der Waals surface area contributed by atoms with Gasteiger partial charge in [0.05, 0.1) is 5.52 Å². The number of rotatable bonds is 6. The van der Waals surface area contributed by atoms with Crippen LogP contribution in [-0.4, -0.2) is 24.6 Å². The first kappa shape index (κ1) is 16.1. The predicted molar refractivity (Wildman–Crippen MR) is 92.1 cm³/mol. The number of hydrogen-bond donors (Lipinski definition) is 1. The molecule has 0 bridgehead atoms. The predicted octanol–water partition coefficient (Wildman–Crippen LogP) is 4.09. The van der Waals surface area contributed by atoms with Crippen LogP contribution in [-0.2, 0) is 0 Å². The minimum atomic E-state index is 0.0805. The van der Waals surface area contributed by atoms with Crippen LogP contribution in [0.25, 0.3) is 10.9 Å². The number of nitrogens with zero attached hydrogens (tertiary/aromatic N) is 2. The third kappa shape index (κ3) is 3.86. The van der Waals surface area contributed by atoms with Gasteiger partial charge in [0.15, 0.2) is 0 Å². The molecule has 0 aliphatic carbocycles. The van der Waals surface area contributed by atoms with Crippen molar-refractivity contribution in [3.05, 3.63) is 35.5 Å². The molecule has 0 amide bonds. The van der Waals surface area contributed by atoms with Crippen molar-refractivity contribution in [1.29, 1.82) is 0 Å². The summed E-state index contributed by atoms with van der Waals surface area (Å²) in [5.41, 5.74) is 8.13. The zero-order valence-corrected chi connectivity index (χ0v) is 13.8. The van der Waals surface area contributed by atoms with Gasteiger partial charge in [-0.2, -0.15) is 0 Å². The molecule has 0 aliphatic heterocycles. The van der Waals surface area contributed by atoms with E-state index in [1.165, 1.54) is 5.69 Å². The summed E-state index contributed by atoms with van der Waals surface area (Å²) in [7, 11) is 0. The maximum Gasteiger partial charge on any atom is 0.0737 e. The summed E-state index contributed by atoms with van der Waals surface area (Å²) in [4.78, 5) is 6.83. The van der Waals surface area contributed by atoms with Crippen LogP contribution in [0.3, 0.4) is 0 Å². The average Bonchev–Trinajstić information content (AvgIpc) is 2.45. The van der Waals surface area contributed by atoms with E-state index in [-0.39, 0.29) is 5.41 Å². The Labute approximate surface area is 132 Å². The summed E-state index contributed by atoms with van der Waals surface area (Å²) in [6.07, 6.45) is 2.95. The summed E-state index contributed by atoms with van der Waals surface area (Å²) < 4.78 is 0. The van der Waals surface area contributed by atoms with Crippen molar-refractivity contribution in [2.45, 2.75) is 27.2 Å². The molecular weight excluding hydrogens is 282 g/mol. The first-order valence-electron chi connectivity index (χ1n) is 7.46. The number of benzene rings is 1. The largest absolute Gasteiger partial charge is 0.370 e. The van der Waals surface area contributed by atoms with Gasteiger partial charge in [0.1, 0.15) is 0 Å². The fraction of sp³-hybridized carbons (Fsp3) is 0.471. The number of aromatic nitrogens is 1. The van der Waals surface area contributed by atoms with E-state index >= 15 is 0 Å². The van der Waals surface area contributed by atoms with Gasteiger partial charge < -0.3 is 10.6 Å². The lowest BCUT2D eigenvalue weighted by Gasteiger charge is -2.34. The maximum absolute atomic E-state index is 6.07. The Kier molecular flexibility index (Phi) is 5.07. The SMILES string of the molecule is CCCN(CC(C)(C)CN)c1ccnc2cc(Cl)ccc12. The van der Waals surface area contributed by atoms with Crippen LogP contribution in [0, 0.1) is 5.41 Å². The molecule has 0 saturated carbocycles. The van der Waals surface area contributed by atoms with Crippen molar-refractivity contribution < 1.29 is 0 Å². The van der Waals surface area contributed by atoms with Gasteiger partial charge in [-0.15, -0.1) is 0 Å². The highest BCUT2D eigenvalue weighted by Crippen LogP contribution is 2.29. The van der Waals surface area contributed by atoms with E-state index in [9.17, 15) is 0 Å². The maximum atomic E-state index is 6.07. The van der Waals surface area contributed by atoms with E-state index in [0.717, 1.165) is 35.4 Å². The van der Waals surface area contributed by atoms with Crippen molar-refractivity contribution in [3.63, 3.8) is 0 Å². The van der Waals surface area contributed by atoms with E-state index in [1.807, 2.05) is 18.3 Å². The van der Waals surface area contributed by atoms with Crippen molar-refractivity contribution in [2.75, 3.05) is 24.5 Å². The van der Waals surface area contributed by atoms with Crippen LogP contribution >= 0.6 is 11.6 Å². The second-order valence-corrected chi connectivity index (χ2v) is 6.72. The first-order valence-corrected chi connectivity index (χ1v) is 7.84. The van der Waals surface area contributed by atoms with Crippen LogP contribution in [0.15, 0.2) is 30.5 Å². The molecule has 0 unspecified atom stereocenters. The molecule has 0 radical (unpaired) electrons. The zero-order valence-electron chi connectivity index (χ0n) is 13.1. The summed E-state index contributed by atoms with van der Waals surface area (Å²) in [5.74, 6) is 0. The molecule has 0 atom stereocenters. The topological polar surface area (TPSA) is 42.1 Å². The standard InChI is InChI=1S/C17H24ClN3/c1-4-9-21(12-17(2,3)11-19)16-7-8-20-15-10-13(18)5-6-14(15)16/h5-8,10H,4,9,11-12,19H2,1-3H3. The quantitative estimate of drug-likeness (QED) is 0.874. The number of halogens is 1. The molecule has 3 nitrogen and oxygen atoms in total. The van der Waals surface area contributed by atoms with E-state index < -0.39 is 0 Å². The summed E-state index contributed by atoms with van der Waals surface area (Å²) in [6.45, 7) is 9.21. The Morgan fingerprint density at radius 3 is 2.71 bits per heavy atom. The molecule has 21 heavy (non-hydrogen) atoms. The van der Waals surface area contributed by atoms with Gasteiger partial charge in [-0.1, -0.05) is 32.4 Å². The van der Waals surface area contributed by atoms with Crippen LogP contribution in [0.4, 0.5) is 5.69 Å². The Morgan fingerprint density at radius 1 is 1.29 bits per heavy atom. The normalized spacial score (nSPS) is 11.9. The Morgan fingerprint density at radius 2 is 2.05 bits per heavy atom. The lowest BCUT2D eigenvalue weighted by Crippen LogP contribution is -2.39. The fourth-order valence-electron chi connectivity index (χ4n) is 2.52. The molecule has 2 rings (SSSR count). The van der Waals surface area contributed by atoms with Crippen molar-refractivity contribution >= 4 is 28.2 Å². The Hall–Kier alpha value is -1.32. The van der Waals surface area contributed by atoms with Gasteiger partial charge in [0.25, 0.3) is 0 Å². The molecule has 2 N–H and O–H groups in total. The zero-order chi connectivity index (χ0) is 15.5. The van der Waals surface area contributed by atoms with Gasteiger partial charge in [-0.25, -0.2) is 0 Å². The Balaban J connectivity index is 2.45. The number of pyridine rings is 1. The monoisotopic (exact) mass is 305 g/mol. The molecule has 1 heterocycles. The number of anilines is 1. The van der Waals surface area contributed by atoms with Gasteiger partial charge in [0.2, 0.25) is 0 Å². The van der Waals surface area contributed by atoms with E-state index in [4.69, 9.17) is 17.3 Å². The lowest BCUT2D eigenvalue weighted by atomic mass is 9.92. The summed E-state index contributed by atoms with van der Waals surface area (Å²) in [6, 6.07) is 7.97. The minimum absolute atomic E-state index is 0.0805. The number of nitrogens with two attached hydrogens (primary N) is 1. The van der Waals surface area contributed by atoms with E-state index in [1.54, 1.807) is 0 Å². The van der Waals surface area contributed by atoms with Crippen LogP contribution in [0.1, 0.15) is 27.2 Å². The van der Waals surface area contributed by atoms with Crippen molar-refractivity contribution in [2.24, 2.45) is 11.1 Å². The molecule has 0 saturated heterocycles. The number of hydrogen-bond acceptors (Lipinski definition) is 3. The average molecular weight is 306 g/mol. The molecular formula is C17H24ClN3. The van der Waals surface area contributed by atoms with Gasteiger partial charge >= 0.3 is 0 Å². The number of fused-ring (bicyclic) bond motifs is 1. The van der Waals surface area contributed by atoms with Gasteiger partial charge in [-0.05, 0) is 42.6 Å². The summed E-state index contributed by atoms with van der Waals surface area (Å²) in [5, 5.41) is 1.86. The molecule has 4 heteroatoms. The molecule has 0 fully saturated rings. The molecule has 0 spiro atoms. The van der Waals surface area contributed by atoms with Crippen LogP contribution < -0.4 is 10.6 Å². The van der Waals surface area contributed by atoms with Crippen LogP contribution in [0.5, 0.6) is 0 Å². The summed E-state index contributed by atoms with van der Waals surface area (Å²) >= 11 is 6.07. The smallest absolute Gasteiger partial charge is 0.0737 e. The molecule has 1 aromatic carbocycles. The molecule has 114 valence electrons. The van der Waals surface area contributed by atoms with Crippen molar-refractivity contribution in [1.82, 2.24) is 4.98 Å². The third-order valence-electron chi connectivity index (χ3n) is 3.69.